The number of hydrogen-bond acceptors (Lipinski definition) is 3. The van der Waals surface area contributed by atoms with Gasteiger partial charge in [0.05, 0.1) is 9.64 Å². The molecule has 0 aromatic heterocycles. The van der Waals surface area contributed by atoms with Crippen LogP contribution in [0.15, 0.2) is 29.2 Å². The first-order chi connectivity index (χ1) is 8.42. The fourth-order valence-corrected chi connectivity index (χ4v) is 5.52. The maximum absolute atomic E-state index is 12.9. The Bertz CT molecular complexity index is 528. The maximum Gasteiger partial charge on any atom is 0.185 e. The van der Waals surface area contributed by atoms with E-state index in [-0.39, 0.29) is 6.04 Å². The molecule has 0 heterocycles. The van der Waals surface area contributed by atoms with Crippen LogP contribution in [0.1, 0.15) is 38.2 Å². The molecular weight excluding hydrogens is 246 g/mol. The van der Waals surface area contributed by atoms with Gasteiger partial charge < -0.3 is 5.73 Å². The van der Waals surface area contributed by atoms with E-state index in [0.717, 1.165) is 18.4 Å². The summed E-state index contributed by atoms with van der Waals surface area (Å²) < 4.78 is 25.1. The summed E-state index contributed by atoms with van der Waals surface area (Å²) in [6.07, 6.45) is 3.27. The molecule has 3 nitrogen and oxygen atoms in total. The third-order valence-corrected chi connectivity index (χ3v) is 7.09. The van der Waals surface area contributed by atoms with Crippen LogP contribution >= 0.6 is 0 Å². The molecule has 2 N–H and O–H groups in total. The molecule has 1 aliphatic rings. The number of benzene rings is 1. The van der Waals surface area contributed by atoms with Crippen LogP contribution in [0, 0.1) is 6.92 Å². The molecule has 1 saturated carbocycles. The Labute approximate surface area is 109 Å². The average molecular weight is 267 g/mol. The Balaban J connectivity index is 2.58. The van der Waals surface area contributed by atoms with Crippen LogP contribution in [-0.2, 0) is 9.84 Å². The van der Waals surface area contributed by atoms with E-state index in [1.807, 2.05) is 26.0 Å². The lowest BCUT2D eigenvalue weighted by Gasteiger charge is -2.33. The Hall–Kier alpha value is -0.870. The lowest BCUT2D eigenvalue weighted by atomic mass is 9.99. The summed E-state index contributed by atoms with van der Waals surface area (Å²) in [5.41, 5.74) is 6.84. The molecule has 1 aromatic rings. The van der Waals surface area contributed by atoms with Crippen LogP contribution in [0.3, 0.4) is 0 Å². The van der Waals surface area contributed by atoms with Crippen molar-refractivity contribution in [1.82, 2.24) is 0 Å². The van der Waals surface area contributed by atoms with Gasteiger partial charge in [-0.1, -0.05) is 31.0 Å². The van der Waals surface area contributed by atoms with E-state index >= 15 is 0 Å². The van der Waals surface area contributed by atoms with Crippen molar-refractivity contribution < 1.29 is 8.42 Å². The molecule has 1 fully saturated rings. The van der Waals surface area contributed by atoms with Gasteiger partial charge in [0.25, 0.3) is 0 Å². The minimum Gasteiger partial charge on any atom is -0.327 e. The molecule has 0 amide bonds. The first-order valence-corrected chi connectivity index (χ1v) is 7.96. The highest BCUT2D eigenvalue weighted by atomic mass is 32.2. The average Bonchev–Trinajstić information content (AvgIpc) is 2.79. The fraction of sp³-hybridized carbons (Fsp3) is 0.571. The fourth-order valence-electron chi connectivity index (χ4n) is 3.02. The van der Waals surface area contributed by atoms with Crippen molar-refractivity contribution in [3.63, 3.8) is 0 Å². The highest BCUT2D eigenvalue weighted by molar-refractivity contribution is 7.93. The number of nitrogens with two attached hydrogens (primary N) is 1. The van der Waals surface area contributed by atoms with Gasteiger partial charge in [0.2, 0.25) is 0 Å². The summed E-state index contributed by atoms with van der Waals surface area (Å²) >= 11 is 0. The lowest BCUT2D eigenvalue weighted by Crippen LogP contribution is -2.50. The van der Waals surface area contributed by atoms with Gasteiger partial charge in [-0.15, -0.1) is 0 Å². The second kappa shape index (κ2) is 4.67. The summed E-state index contributed by atoms with van der Waals surface area (Å²) in [5.74, 6) is 0. The van der Waals surface area contributed by atoms with E-state index < -0.39 is 14.6 Å². The highest BCUT2D eigenvalue weighted by Gasteiger charge is 2.49. The van der Waals surface area contributed by atoms with E-state index in [9.17, 15) is 8.42 Å². The number of aryl methyl sites for hydroxylation is 1. The zero-order valence-electron chi connectivity index (χ0n) is 11.0. The van der Waals surface area contributed by atoms with Crippen LogP contribution in [0.5, 0.6) is 0 Å². The summed E-state index contributed by atoms with van der Waals surface area (Å²) in [6.45, 7) is 3.66. The van der Waals surface area contributed by atoms with Crippen LogP contribution in [0.2, 0.25) is 0 Å². The molecule has 1 atom stereocenters. The van der Waals surface area contributed by atoms with Crippen molar-refractivity contribution in [1.29, 1.82) is 0 Å². The largest absolute Gasteiger partial charge is 0.327 e. The number of hydrogen-bond donors (Lipinski definition) is 1. The molecule has 100 valence electrons. The maximum atomic E-state index is 12.9. The number of rotatable bonds is 3. The Morgan fingerprint density at radius 3 is 2.28 bits per heavy atom. The summed E-state index contributed by atoms with van der Waals surface area (Å²) in [4.78, 5) is 0.448. The molecule has 1 unspecified atom stereocenters. The van der Waals surface area contributed by atoms with Gasteiger partial charge in [-0.2, -0.15) is 0 Å². The zero-order valence-corrected chi connectivity index (χ0v) is 11.8. The highest BCUT2D eigenvalue weighted by Crippen LogP contribution is 2.42. The topological polar surface area (TPSA) is 60.2 Å². The smallest absolute Gasteiger partial charge is 0.185 e. The van der Waals surface area contributed by atoms with E-state index in [1.165, 1.54) is 0 Å². The minimum atomic E-state index is -3.36. The molecule has 1 aliphatic carbocycles. The van der Waals surface area contributed by atoms with Crippen molar-refractivity contribution in [3.8, 4) is 0 Å². The first-order valence-electron chi connectivity index (χ1n) is 6.48. The predicted molar refractivity (Wildman–Crippen MR) is 73.2 cm³/mol. The van der Waals surface area contributed by atoms with Gasteiger partial charge in [0.15, 0.2) is 9.84 Å². The van der Waals surface area contributed by atoms with E-state index in [2.05, 4.69) is 0 Å². The Morgan fingerprint density at radius 1 is 1.22 bits per heavy atom. The van der Waals surface area contributed by atoms with Crippen molar-refractivity contribution in [3.05, 3.63) is 29.8 Å². The zero-order chi connectivity index (χ0) is 13.4. The standard InChI is InChI=1S/C14H21NO2S/c1-11-7-3-4-8-13(11)18(16,17)14(12(2)15)9-5-6-10-14/h3-4,7-8,12H,5-6,9-10,15H2,1-2H3. The Kier molecular flexibility index (Phi) is 3.52. The molecule has 4 heteroatoms. The monoisotopic (exact) mass is 267 g/mol. The van der Waals surface area contributed by atoms with Crippen molar-refractivity contribution in [2.75, 3.05) is 0 Å². The molecule has 0 radical (unpaired) electrons. The molecule has 2 rings (SSSR count). The van der Waals surface area contributed by atoms with Gasteiger partial charge >= 0.3 is 0 Å². The van der Waals surface area contributed by atoms with Gasteiger partial charge in [0.1, 0.15) is 0 Å². The van der Waals surface area contributed by atoms with Crippen molar-refractivity contribution in [2.45, 2.75) is 55.2 Å². The van der Waals surface area contributed by atoms with Crippen LogP contribution in [-0.4, -0.2) is 19.2 Å². The van der Waals surface area contributed by atoms with E-state index in [0.29, 0.717) is 17.7 Å². The predicted octanol–water partition coefficient (Wildman–Crippen LogP) is 2.43. The van der Waals surface area contributed by atoms with Crippen LogP contribution < -0.4 is 5.73 Å². The van der Waals surface area contributed by atoms with E-state index in [1.54, 1.807) is 12.1 Å². The van der Waals surface area contributed by atoms with Crippen molar-refractivity contribution in [2.24, 2.45) is 5.73 Å². The summed E-state index contributed by atoms with van der Waals surface area (Å²) in [6, 6.07) is 6.86. The minimum absolute atomic E-state index is 0.329. The summed E-state index contributed by atoms with van der Waals surface area (Å²) in [7, 11) is -3.36. The van der Waals surface area contributed by atoms with Gasteiger partial charge in [-0.3, -0.25) is 0 Å². The molecule has 0 aliphatic heterocycles. The molecular formula is C14H21NO2S. The third kappa shape index (κ3) is 1.88. The third-order valence-electron chi connectivity index (χ3n) is 4.20. The second-order valence-electron chi connectivity index (χ2n) is 5.33. The molecule has 1 aromatic carbocycles. The quantitative estimate of drug-likeness (QED) is 0.915. The van der Waals surface area contributed by atoms with Crippen LogP contribution in [0.4, 0.5) is 0 Å². The summed E-state index contributed by atoms with van der Waals surface area (Å²) in [5, 5.41) is 0. The Morgan fingerprint density at radius 2 is 1.78 bits per heavy atom. The molecule has 0 saturated heterocycles. The number of sulfone groups is 1. The molecule has 0 bridgehead atoms. The lowest BCUT2D eigenvalue weighted by molar-refractivity contribution is 0.454. The first kappa shape index (κ1) is 13.6. The molecule has 18 heavy (non-hydrogen) atoms. The van der Waals surface area contributed by atoms with E-state index in [4.69, 9.17) is 5.73 Å². The van der Waals surface area contributed by atoms with Crippen molar-refractivity contribution >= 4 is 9.84 Å². The normalized spacial score (nSPS) is 20.8. The second-order valence-corrected chi connectivity index (χ2v) is 7.59. The van der Waals surface area contributed by atoms with Gasteiger partial charge in [-0.25, -0.2) is 8.42 Å². The van der Waals surface area contributed by atoms with Crippen LogP contribution in [0.25, 0.3) is 0 Å². The van der Waals surface area contributed by atoms with Gasteiger partial charge in [-0.05, 0) is 38.3 Å². The SMILES string of the molecule is Cc1ccccc1S(=O)(=O)C1(C(C)N)CCCC1. The van der Waals surface area contributed by atoms with Gasteiger partial charge in [0, 0.05) is 6.04 Å². The molecule has 0 spiro atoms.